The third-order valence-electron chi connectivity index (χ3n) is 3.66. The summed E-state index contributed by atoms with van der Waals surface area (Å²) in [6.07, 6.45) is -0.870. The third-order valence-corrected chi connectivity index (χ3v) is 3.66. The average molecular weight is 264 g/mol. The van der Waals surface area contributed by atoms with Crippen LogP contribution in [0.3, 0.4) is 0 Å². The van der Waals surface area contributed by atoms with Crippen molar-refractivity contribution in [1.82, 2.24) is 0 Å². The minimum atomic E-state index is -0.956. The van der Waals surface area contributed by atoms with Gasteiger partial charge in [-0.05, 0) is 63.8 Å². The molecule has 1 rings (SSSR count). The van der Waals surface area contributed by atoms with Crippen LogP contribution in [0.2, 0.25) is 0 Å². The second-order valence-electron chi connectivity index (χ2n) is 5.64. The van der Waals surface area contributed by atoms with Crippen LogP contribution in [-0.4, -0.2) is 17.7 Å². The van der Waals surface area contributed by atoms with Gasteiger partial charge in [0.05, 0.1) is 18.1 Å². The number of esters is 1. The first-order valence-corrected chi connectivity index (χ1v) is 6.64. The summed E-state index contributed by atoms with van der Waals surface area (Å²) in [5.41, 5.74) is 3.12. The Morgan fingerprint density at radius 1 is 1.21 bits per heavy atom. The zero-order chi connectivity index (χ0) is 14.8. The second-order valence-corrected chi connectivity index (χ2v) is 5.64. The van der Waals surface area contributed by atoms with Crippen molar-refractivity contribution in [2.24, 2.45) is 5.41 Å². The van der Waals surface area contributed by atoms with E-state index in [1.807, 2.05) is 32.9 Å². The summed E-state index contributed by atoms with van der Waals surface area (Å²) in [5.74, 6) is -0.375. The molecule has 19 heavy (non-hydrogen) atoms. The Kier molecular flexibility index (Phi) is 4.75. The first kappa shape index (κ1) is 15.7. The van der Waals surface area contributed by atoms with E-state index in [-0.39, 0.29) is 5.97 Å². The summed E-state index contributed by atoms with van der Waals surface area (Å²) in [6, 6.07) is 3.99. The molecule has 0 aliphatic rings. The van der Waals surface area contributed by atoms with Crippen LogP contribution < -0.4 is 0 Å². The van der Waals surface area contributed by atoms with Gasteiger partial charge in [-0.1, -0.05) is 12.1 Å². The van der Waals surface area contributed by atoms with E-state index in [4.69, 9.17) is 4.74 Å². The number of hydrogen-bond acceptors (Lipinski definition) is 3. The molecule has 0 bridgehead atoms. The molecular weight excluding hydrogens is 240 g/mol. The predicted octanol–water partition coefficient (Wildman–Crippen LogP) is 3.23. The van der Waals surface area contributed by atoms with Crippen LogP contribution in [0, 0.1) is 26.2 Å². The molecule has 1 unspecified atom stereocenters. The Morgan fingerprint density at radius 3 is 2.26 bits per heavy atom. The molecule has 0 saturated carbocycles. The number of hydrogen-bond donors (Lipinski definition) is 1. The minimum absolute atomic E-state index is 0.320. The average Bonchev–Trinajstić information content (AvgIpc) is 2.33. The molecule has 0 aliphatic heterocycles. The molecule has 0 aromatic heterocycles. The largest absolute Gasteiger partial charge is 0.465 e. The lowest BCUT2D eigenvalue weighted by Gasteiger charge is -2.29. The smallest absolute Gasteiger partial charge is 0.314 e. The fourth-order valence-electron chi connectivity index (χ4n) is 2.09. The topological polar surface area (TPSA) is 46.5 Å². The van der Waals surface area contributed by atoms with Crippen molar-refractivity contribution in [3.05, 3.63) is 34.4 Å². The van der Waals surface area contributed by atoms with Crippen LogP contribution in [0.4, 0.5) is 0 Å². The second kappa shape index (κ2) is 5.74. The van der Waals surface area contributed by atoms with E-state index in [0.717, 1.165) is 16.7 Å². The maximum atomic E-state index is 12.0. The van der Waals surface area contributed by atoms with Gasteiger partial charge in [-0.2, -0.15) is 0 Å². The molecule has 1 N–H and O–H groups in total. The van der Waals surface area contributed by atoms with E-state index < -0.39 is 11.5 Å². The highest BCUT2D eigenvalue weighted by molar-refractivity contribution is 5.77. The summed E-state index contributed by atoms with van der Waals surface area (Å²) in [5, 5.41) is 10.5. The minimum Gasteiger partial charge on any atom is -0.465 e. The first-order valence-electron chi connectivity index (χ1n) is 6.64. The number of ether oxygens (including phenoxy) is 1. The van der Waals surface area contributed by atoms with Crippen molar-refractivity contribution in [2.45, 2.75) is 47.6 Å². The molecule has 3 nitrogen and oxygen atoms in total. The van der Waals surface area contributed by atoms with Crippen LogP contribution in [0.5, 0.6) is 0 Å². The molecular formula is C16H24O3. The van der Waals surface area contributed by atoms with Gasteiger partial charge in [-0.25, -0.2) is 0 Å². The molecule has 3 heteroatoms. The third kappa shape index (κ3) is 3.16. The number of aliphatic hydroxyl groups excluding tert-OH is 1. The predicted molar refractivity (Wildman–Crippen MR) is 76.0 cm³/mol. The van der Waals surface area contributed by atoms with Gasteiger partial charge in [0.15, 0.2) is 0 Å². The maximum absolute atomic E-state index is 12.0. The van der Waals surface area contributed by atoms with Gasteiger partial charge in [-0.3, -0.25) is 4.79 Å². The van der Waals surface area contributed by atoms with Crippen LogP contribution in [-0.2, 0) is 9.53 Å². The Labute approximate surface area is 115 Å². The van der Waals surface area contributed by atoms with Crippen molar-refractivity contribution in [3.8, 4) is 0 Å². The zero-order valence-electron chi connectivity index (χ0n) is 12.7. The molecule has 1 aromatic carbocycles. The molecule has 0 aliphatic carbocycles. The first-order chi connectivity index (χ1) is 8.71. The van der Waals surface area contributed by atoms with Gasteiger partial charge >= 0.3 is 5.97 Å². The highest BCUT2D eigenvalue weighted by Gasteiger charge is 2.38. The zero-order valence-corrected chi connectivity index (χ0v) is 12.7. The summed E-state index contributed by atoms with van der Waals surface area (Å²) >= 11 is 0. The van der Waals surface area contributed by atoms with E-state index in [0.29, 0.717) is 6.61 Å². The van der Waals surface area contributed by atoms with Gasteiger partial charge in [-0.15, -0.1) is 0 Å². The maximum Gasteiger partial charge on any atom is 0.314 e. The van der Waals surface area contributed by atoms with Crippen molar-refractivity contribution in [3.63, 3.8) is 0 Å². The number of benzene rings is 1. The van der Waals surface area contributed by atoms with E-state index in [1.54, 1.807) is 20.8 Å². The molecule has 1 aromatic rings. The molecule has 106 valence electrons. The Morgan fingerprint density at radius 2 is 1.74 bits per heavy atom. The van der Waals surface area contributed by atoms with Crippen LogP contribution in [0.15, 0.2) is 12.1 Å². The lowest BCUT2D eigenvalue weighted by atomic mass is 9.80. The normalized spacial score (nSPS) is 13.2. The lowest BCUT2D eigenvalue weighted by molar-refractivity contribution is -0.160. The number of aryl methyl sites for hydroxylation is 3. The summed E-state index contributed by atoms with van der Waals surface area (Å²) in [6.45, 7) is 11.5. The van der Waals surface area contributed by atoms with Crippen molar-refractivity contribution in [1.29, 1.82) is 0 Å². The van der Waals surface area contributed by atoms with Crippen LogP contribution in [0.25, 0.3) is 0 Å². The van der Waals surface area contributed by atoms with Gasteiger partial charge in [0.25, 0.3) is 0 Å². The molecule has 0 saturated heterocycles. The van der Waals surface area contributed by atoms with Crippen molar-refractivity contribution < 1.29 is 14.6 Å². The number of rotatable bonds is 4. The van der Waals surface area contributed by atoms with E-state index in [1.165, 1.54) is 5.56 Å². The highest BCUT2D eigenvalue weighted by Crippen LogP contribution is 2.36. The number of aliphatic hydroxyl groups is 1. The lowest BCUT2D eigenvalue weighted by Crippen LogP contribution is -2.33. The quantitative estimate of drug-likeness (QED) is 0.849. The Hall–Kier alpha value is -1.35. The molecule has 0 spiro atoms. The van der Waals surface area contributed by atoms with Gasteiger partial charge in [0.2, 0.25) is 0 Å². The number of carbonyl (C=O) groups excluding carboxylic acids is 1. The molecule has 0 amide bonds. The molecule has 1 atom stereocenters. The Bertz CT molecular complexity index is 475. The highest BCUT2D eigenvalue weighted by atomic mass is 16.5. The van der Waals surface area contributed by atoms with E-state index in [2.05, 4.69) is 0 Å². The molecule has 0 radical (unpaired) electrons. The monoisotopic (exact) mass is 264 g/mol. The fraction of sp³-hybridized carbons (Fsp3) is 0.562. The van der Waals surface area contributed by atoms with Crippen molar-refractivity contribution in [2.75, 3.05) is 6.61 Å². The van der Waals surface area contributed by atoms with Crippen LogP contribution in [0.1, 0.15) is 49.1 Å². The van der Waals surface area contributed by atoms with Crippen molar-refractivity contribution >= 4 is 5.97 Å². The van der Waals surface area contributed by atoms with E-state index >= 15 is 0 Å². The van der Waals surface area contributed by atoms with E-state index in [9.17, 15) is 9.90 Å². The molecule has 0 fully saturated rings. The van der Waals surface area contributed by atoms with Gasteiger partial charge < -0.3 is 9.84 Å². The fourth-order valence-corrected chi connectivity index (χ4v) is 2.09. The number of carbonyl (C=O) groups is 1. The van der Waals surface area contributed by atoms with Gasteiger partial charge in [0, 0.05) is 0 Å². The summed E-state index contributed by atoms with van der Waals surface area (Å²) in [4.78, 5) is 12.0. The summed E-state index contributed by atoms with van der Waals surface area (Å²) < 4.78 is 5.04. The van der Waals surface area contributed by atoms with Gasteiger partial charge in [0.1, 0.15) is 0 Å². The SMILES string of the molecule is CCOC(=O)C(C)(C)C(O)c1cc(C)c(C)cc1C. The van der Waals surface area contributed by atoms with Crippen LogP contribution >= 0.6 is 0 Å². The summed E-state index contributed by atoms with van der Waals surface area (Å²) in [7, 11) is 0. The Balaban J connectivity index is 3.15. The standard InChI is InChI=1S/C16H24O3/c1-7-19-15(18)16(5,6)14(17)13-9-11(3)10(2)8-12(13)4/h8-9,14,17H,7H2,1-6H3. The molecule has 0 heterocycles.